The molecule has 2 amide bonds. The first kappa shape index (κ1) is 21.4. The van der Waals surface area contributed by atoms with Gasteiger partial charge in [-0.2, -0.15) is 5.10 Å². The molecule has 0 bridgehead atoms. The molecule has 1 unspecified atom stereocenters. The molecule has 2 aromatic carbocycles. The van der Waals surface area contributed by atoms with Crippen molar-refractivity contribution in [2.45, 2.75) is 12.3 Å². The standard InChI is InChI=1S/C25H22FN5O3/c1-2-21(32)30-12-11-16(14-30)18-13-28-31-23(24(27)33)22(29-25(18)31)15-7-9-17(10-8-15)34-20-6-4-3-5-19(20)26/h2-10,13,16,29H,1,11-12,14H2,(H2,27,33). The lowest BCUT2D eigenvalue weighted by atomic mass is 10.0. The van der Waals surface area contributed by atoms with Gasteiger partial charge in [0.15, 0.2) is 17.3 Å². The topological polar surface area (TPSA) is 106 Å². The number of nitrogens with one attached hydrogen (secondary N) is 1. The molecule has 34 heavy (non-hydrogen) atoms. The Morgan fingerprint density at radius 2 is 1.97 bits per heavy atom. The van der Waals surface area contributed by atoms with Crippen LogP contribution in [0.2, 0.25) is 0 Å². The third-order valence-electron chi connectivity index (χ3n) is 6.04. The highest BCUT2D eigenvalue weighted by Gasteiger charge is 2.30. The molecule has 2 aromatic heterocycles. The van der Waals surface area contributed by atoms with Gasteiger partial charge in [0.1, 0.15) is 11.4 Å². The van der Waals surface area contributed by atoms with Crippen molar-refractivity contribution in [3.63, 3.8) is 0 Å². The number of rotatable bonds is 6. The number of fused-ring (bicyclic) bond motifs is 1. The molecule has 4 aromatic rings. The van der Waals surface area contributed by atoms with Gasteiger partial charge < -0.3 is 20.4 Å². The number of likely N-dealkylation sites (tertiary alicyclic amines) is 1. The van der Waals surface area contributed by atoms with Crippen LogP contribution < -0.4 is 10.5 Å². The average molecular weight is 459 g/mol. The van der Waals surface area contributed by atoms with E-state index in [0.717, 1.165) is 12.0 Å². The van der Waals surface area contributed by atoms with Crippen LogP contribution in [0.15, 0.2) is 67.4 Å². The van der Waals surface area contributed by atoms with Crippen LogP contribution in [0.4, 0.5) is 4.39 Å². The Balaban J connectivity index is 1.47. The Morgan fingerprint density at radius 1 is 1.21 bits per heavy atom. The largest absolute Gasteiger partial charge is 0.454 e. The van der Waals surface area contributed by atoms with Crippen LogP contribution in [0.25, 0.3) is 16.9 Å². The van der Waals surface area contributed by atoms with Gasteiger partial charge in [0.25, 0.3) is 5.91 Å². The molecule has 172 valence electrons. The summed E-state index contributed by atoms with van der Waals surface area (Å²) in [7, 11) is 0. The van der Waals surface area contributed by atoms with Crippen molar-refractivity contribution in [2.24, 2.45) is 5.73 Å². The highest BCUT2D eigenvalue weighted by molar-refractivity contribution is 5.98. The van der Waals surface area contributed by atoms with Gasteiger partial charge >= 0.3 is 0 Å². The summed E-state index contributed by atoms with van der Waals surface area (Å²) >= 11 is 0. The summed E-state index contributed by atoms with van der Waals surface area (Å²) in [6.07, 6.45) is 3.80. The van der Waals surface area contributed by atoms with Crippen molar-refractivity contribution in [3.05, 3.63) is 84.5 Å². The quantitative estimate of drug-likeness (QED) is 0.427. The number of hydrogen-bond acceptors (Lipinski definition) is 4. The number of nitrogens with zero attached hydrogens (tertiary/aromatic N) is 3. The maximum absolute atomic E-state index is 13.9. The van der Waals surface area contributed by atoms with E-state index in [1.54, 1.807) is 53.6 Å². The van der Waals surface area contributed by atoms with E-state index in [1.165, 1.54) is 16.7 Å². The molecule has 1 saturated heterocycles. The van der Waals surface area contributed by atoms with E-state index in [4.69, 9.17) is 10.5 Å². The highest BCUT2D eigenvalue weighted by Crippen LogP contribution is 2.34. The monoisotopic (exact) mass is 459 g/mol. The Bertz CT molecular complexity index is 1410. The smallest absolute Gasteiger partial charge is 0.269 e. The summed E-state index contributed by atoms with van der Waals surface area (Å²) in [6.45, 7) is 4.73. The number of aromatic nitrogens is 3. The van der Waals surface area contributed by atoms with Gasteiger partial charge in [-0.05, 0) is 48.9 Å². The number of halogens is 1. The van der Waals surface area contributed by atoms with Crippen molar-refractivity contribution >= 4 is 17.5 Å². The lowest BCUT2D eigenvalue weighted by Gasteiger charge is -2.13. The number of benzene rings is 2. The first-order chi connectivity index (χ1) is 16.5. The third-order valence-corrected chi connectivity index (χ3v) is 6.04. The summed E-state index contributed by atoms with van der Waals surface area (Å²) in [5.41, 5.74) is 8.71. The summed E-state index contributed by atoms with van der Waals surface area (Å²) in [5.74, 6) is -0.543. The van der Waals surface area contributed by atoms with Crippen molar-refractivity contribution < 1.29 is 18.7 Å². The highest BCUT2D eigenvalue weighted by atomic mass is 19.1. The van der Waals surface area contributed by atoms with Gasteiger partial charge in [0.2, 0.25) is 5.91 Å². The second kappa shape index (κ2) is 8.51. The first-order valence-corrected chi connectivity index (χ1v) is 10.8. The van der Waals surface area contributed by atoms with Gasteiger partial charge in [0.05, 0.1) is 11.9 Å². The zero-order valence-electron chi connectivity index (χ0n) is 18.2. The zero-order valence-corrected chi connectivity index (χ0v) is 18.2. The average Bonchev–Trinajstić information content (AvgIpc) is 3.55. The van der Waals surface area contributed by atoms with Gasteiger partial charge in [-0.15, -0.1) is 0 Å². The van der Waals surface area contributed by atoms with Crippen molar-refractivity contribution in [3.8, 4) is 22.8 Å². The minimum absolute atomic E-state index is 0.0742. The Morgan fingerprint density at radius 3 is 2.68 bits per heavy atom. The lowest BCUT2D eigenvalue weighted by molar-refractivity contribution is -0.125. The maximum atomic E-state index is 13.9. The molecule has 5 rings (SSSR count). The van der Waals surface area contributed by atoms with Crippen LogP contribution in [0.1, 0.15) is 28.4 Å². The predicted molar refractivity (Wildman–Crippen MR) is 124 cm³/mol. The SMILES string of the molecule is C=CC(=O)N1CCC(c2cnn3c(C(N)=O)c(-c4ccc(Oc5ccccc5F)cc4)[nH]c23)C1. The number of hydrogen-bond donors (Lipinski definition) is 2. The van der Waals surface area contributed by atoms with E-state index >= 15 is 0 Å². The van der Waals surface area contributed by atoms with Gasteiger partial charge in [0, 0.05) is 30.1 Å². The van der Waals surface area contributed by atoms with Crippen molar-refractivity contribution in [1.82, 2.24) is 19.5 Å². The van der Waals surface area contributed by atoms with Crippen LogP contribution in [-0.2, 0) is 4.79 Å². The molecule has 1 aliphatic heterocycles. The number of carbonyl (C=O) groups is 2. The summed E-state index contributed by atoms with van der Waals surface area (Å²) in [5, 5.41) is 4.40. The fourth-order valence-electron chi connectivity index (χ4n) is 4.36. The molecular formula is C25H22FN5O3. The van der Waals surface area contributed by atoms with E-state index in [-0.39, 0.29) is 23.3 Å². The number of H-pyrrole nitrogens is 1. The summed E-state index contributed by atoms with van der Waals surface area (Å²) in [4.78, 5) is 29.4. The van der Waals surface area contributed by atoms with E-state index in [1.807, 2.05) is 0 Å². The molecule has 9 heteroatoms. The van der Waals surface area contributed by atoms with Crippen LogP contribution >= 0.6 is 0 Å². The Hall–Kier alpha value is -4.40. The number of aromatic amines is 1. The molecule has 3 heterocycles. The van der Waals surface area contributed by atoms with Crippen LogP contribution in [0, 0.1) is 5.82 Å². The fraction of sp³-hybridized carbons (Fsp3) is 0.160. The minimum atomic E-state index is -0.627. The first-order valence-electron chi connectivity index (χ1n) is 10.8. The second-order valence-electron chi connectivity index (χ2n) is 8.10. The van der Waals surface area contributed by atoms with Crippen molar-refractivity contribution in [2.75, 3.05) is 13.1 Å². The molecule has 0 saturated carbocycles. The van der Waals surface area contributed by atoms with E-state index in [2.05, 4.69) is 16.7 Å². The normalized spacial score (nSPS) is 15.6. The van der Waals surface area contributed by atoms with E-state index in [0.29, 0.717) is 35.7 Å². The number of carbonyl (C=O) groups excluding carboxylic acids is 2. The number of nitrogens with two attached hydrogens (primary N) is 1. The predicted octanol–water partition coefficient (Wildman–Crippen LogP) is 3.86. The summed E-state index contributed by atoms with van der Waals surface area (Å²) < 4.78 is 21.0. The lowest BCUT2D eigenvalue weighted by Crippen LogP contribution is -2.26. The third kappa shape index (κ3) is 3.71. The molecule has 1 aliphatic rings. The van der Waals surface area contributed by atoms with Crippen LogP contribution in [-0.4, -0.2) is 44.4 Å². The molecular weight excluding hydrogens is 437 g/mol. The van der Waals surface area contributed by atoms with Gasteiger partial charge in [-0.3, -0.25) is 9.59 Å². The number of amides is 2. The number of para-hydroxylation sites is 1. The number of imidazole rings is 1. The second-order valence-corrected chi connectivity index (χ2v) is 8.10. The molecule has 0 aliphatic carbocycles. The van der Waals surface area contributed by atoms with E-state index < -0.39 is 11.7 Å². The van der Waals surface area contributed by atoms with Crippen LogP contribution in [0.3, 0.4) is 0 Å². The molecule has 1 fully saturated rings. The van der Waals surface area contributed by atoms with Gasteiger partial charge in [-0.25, -0.2) is 8.91 Å². The van der Waals surface area contributed by atoms with Gasteiger partial charge in [-0.1, -0.05) is 18.7 Å². The van der Waals surface area contributed by atoms with E-state index in [9.17, 15) is 14.0 Å². The molecule has 0 spiro atoms. The molecule has 3 N–H and O–H groups in total. The van der Waals surface area contributed by atoms with Crippen molar-refractivity contribution in [1.29, 1.82) is 0 Å². The molecule has 1 atom stereocenters. The zero-order chi connectivity index (χ0) is 23.8. The minimum Gasteiger partial charge on any atom is -0.454 e. The Kier molecular flexibility index (Phi) is 5.37. The van der Waals surface area contributed by atoms with Crippen LogP contribution in [0.5, 0.6) is 11.5 Å². The number of primary amides is 1. The fourth-order valence-corrected chi connectivity index (χ4v) is 4.36. The summed E-state index contributed by atoms with van der Waals surface area (Å²) in [6, 6.07) is 13.0. The molecule has 8 nitrogen and oxygen atoms in total. The number of ether oxygens (including phenoxy) is 1. The maximum Gasteiger partial charge on any atom is 0.269 e. The Labute approximate surface area is 194 Å². The molecule has 0 radical (unpaired) electrons.